The zero-order chi connectivity index (χ0) is 13.1. The molecule has 1 aromatic carbocycles. The molecule has 1 aromatic heterocycles. The summed E-state index contributed by atoms with van der Waals surface area (Å²) in [5.74, 6) is 0.180. The van der Waals surface area contributed by atoms with Crippen LogP contribution >= 0.6 is 0 Å². The molecule has 0 fully saturated rings. The number of aromatic nitrogens is 1. The molecule has 0 unspecified atom stereocenters. The maximum absolute atomic E-state index is 11.2. The lowest BCUT2D eigenvalue weighted by Gasteiger charge is -2.12. The van der Waals surface area contributed by atoms with Crippen LogP contribution in [0.1, 0.15) is 24.2 Å². The van der Waals surface area contributed by atoms with E-state index in [0.717, 1.165) is 11.9 Å². The average molecular weight is 244 g/mol. The van der Waals surface area contributed by atoms with Gasteiger partial charge in [-0.3, -0.25) is 0 Å². The molecule has 0 aliphatic carbocycles. The minimum Gasteiger partial charge on any atom is -0.478 e. The fourth-order valence-electron chi connectivity index (χ4n) is 1.84. The van der Waals surface area contributed by atoms with Gasteiger partial charge in [-0.15, -0.1) is 0 Å². The number of benzene rings is 1. The first kappa shape index (κ1) is 12.4. The summed E-state index contributed by atoms with van der Waals surface area (Å²) in [5, 5.41) is 14.0. The van der Waals surface area contributed by atoms with Gasteiger partial charge in [-0.2, -0.15) is 0 Å². The van der Waals surface area contributed by atoms with Crippen molar-refractivity contribution in [3.8, 4) is 0 Å². The van der Waals surface area contributed by atoms with Gasteiger partial charge in [0.05, 0.1) is 5.56 Å². The van der Waals surface area contributed by atoms with Crippen LogP contribution in [0.25, 0.3) is 10.8 Å². The number of hydrogen-bond acceptors (Lipinski definition) is 3. The summed E-state index contributed by atoms with van der Waals surface area (Å²) in [7, 11) is 0. The molecule has 0 saturated heterocycles. The van der Waals surface area contributed by atoms with Crippen molar-refractivity contribution < 1.29 is 9.90 Å². The molecule has 2 aromatic rings. The molecule has 0 amide bonds. The quantitative estimate of drug-likeness (QED) is 0.867. The average Bonchev–Trinajstić information content (AvgIpc) is 2.35. The standard InChI is InChI=1S/C14H16N2O2/c1-9(2)8-16-13-12-10(6-7-15-13)4-3-5-11(12)14(17)18/h3-7,9H,8H2,1-2H3,(H,15,16)(H,17,18). The van der Waals surface area contributed by atoms with E-state index in [9.17, 15) is 9.90 Å². The highest BCUT2D eigenvalue weighted by Crippen LogP contribution is 2.25. The Bertz CT molecular complexity index is 574. The van der Waals surface area contributed by atoms with Crippen molar-refractivity contribution >= 4 is 22.6 Å². The van der Waals surface area contributed by atoms with Gasteiger partial charge in [0.25, 0.3) is 0 Å². The Hall–Kier alpha value is -2.10. The van der Waals surface area contributed by atoms with Crippen molar-refractivity contribution in [2.45, 2.75) is 13.8 Å². The van der Waals surface area contributed by atoms with E-state index in [2.05, 4.69) is 24.1 Å². The van der Waals surface area contributed by atoms with Gasteiger partial charge < -0.3 is 10.4 Å². The van der Waals surface area contributed by atoms with Crippen LogP contribution < -0.4 is 5.32 Å². The third kappa shape index (κ3) is 2.42. The molecule has 94 valence electrons. The summed E-state index contributed by atoms with van der Waals surface area (Å²) >= 11 is 0. The number of anilines is 1. The van der Waals surface area contributed by atoms with Gasteiger partial charge in [-0.25, -0.2) is 9.78 Å². The summed E-state index contributed by atoms with van der Waals surface area (Å²) in [6.07, 6.45) is 1.69. The van der Waals surface area contributed by atoms with Gasteiger partial charge >= 0.3 is 5.97 Å². The number of pyridine rings is 1. The first-order valence-electron chi connectivity index (χ1n) is 5.94. The van der Waals surface area contributed by atoms with Gasteiger partial charge in [0.15, 0.2) is 0 Å². The number of rotatable bonds is 4. The van der Waals surface area contributed by atoms with Gasteiger partial charge in [-0.05, 0) is 23.4 Å². The minimum absolute atomic E-state index is 0.284. The Morgan fingerprint density at radius 2 is 2.17 bits per heavy atom. The molecule has 0 saturated carbocycles. The van der Waals surface area contributed by atoms with E-state index < -0.39 is 5.97 Å². The molecule has 2 N–H and O–H groups in total. The van der Waals surface area contributed by atoms with Crippen LogP contribution in [0, 0.1) is 5.92 Å². The number of hydrogen-bond donors (Lipinski definition) is 2. The Morgan fingerprint density at radius 3 is 2.83 bits per heavy atom. The molecule has 0 spiro atoms. The SMILES string of the molecule is CC(C)CNc1nccc2cccc(C(=O)O)c12. The van der Waals surface area contributed by atoms with Crippen LogP contribution in [0.15, 0.2) is 30.5 Å². The lowest BCUT2D eigenvalue weighted by atomic mass is 10.1. The van der Waals surface area contributed by atoms with Crippen molar-refractivity contribution in [1.82, 2.24) is 4.98 Å². The van der Waals surface area contributed by atoms with Gasteiger partial charge in [0, 0.05) is 18.1 Å². The van der Waals surface area contributed by atoms with Crippen molar-refractivity contribution in [3.63, 3.8) is 0 Å². The maximum atomic E-state index is 11.2. The first-order chi connectivity index (χ1) is 8.59. The third-order valence-corrected chi connectivity index (χ3v) is 2.70. The van der Waals surface area contributed by atoms with E-state index in [1.54, 1.807) is 18.3 Å². The number of carbonyl (C=O) groups is 1. The fraction of sp³-hybridized carbons (Fsp3) is 0.286. The molecule has 0 aliphatic heterocycles. The maximum Gasteiger partial charge on any atom is 0.336 e. The highest BCUT2D eigenvalue weighted by molar-refractivity contribution is 6.08. The van der Waals surface area contributed by atoms with Crippen molar-refractivity contribution in [3.05, 3.63) is 36.0 Å². The normalized spacial score (nSPS) is 10.8. The zero-order valence-electron chi connectivity index (χ0n) is 10.5. The summed E-state index contributed by atoms with van der Waals surface area (Å²) < 4.78 is 0. The highest BCUT2D eigenvalue weighted by atomic mass is 16.4. The molecule has 0 aliphatic rings. The highest BCUT2D eigenvalue weighted by Gasteiger charge is 2.12. The lowest BCUT2D eigenvalue weighted by molar-refractivity contribution is 0.0699. The summed E-state index contributed by atoms with van der Waals surface area (Å²) in [5.41, 5.74) is 0.284. The van der Waals surface area contributed by atoms with E-state index in [4.69, 9.17) is 0 Å². The Labute approximate surface area is 106 Å². The zero-order valence-corrected chi connectivity index (χ0v) is 10.5. The first-order valence-corrected chi connectivity index (χ1v) is 5.94. The van der Waals surface area contributed by atoms with Gasteiger partial charge in [-0.1, -0.05) is 26.0 Å². The topological polar surface area (TPSA) is 62.2 Å². The molecule has 18 heavy (non-hydrogen) atoms. The Morgan fingerprint density at radius 1 is 1.39 bits per heavy atom. The Kier molecular flexibility index (Phi) is 3.46. The fourth-order valence-corrected chi connectivity index (χ4v) is 1.84. The van der Waals surface area contributed by atoms with Crippen LogP contribution in [0.4, 0.5) is 5.82 Å². The third-order valence-electron chi connectivity index (χ3n) is 2.70. The summed E-state index contributed by atoms with van der Waals surface area (Å²) in [6, 6.07) is 7.07. The van der Waals surface area contributed by atoms with E-state index in [0.29, 0.717) is 17.1 Å². The predicted octanol–water partition coefficient (Wildman–Crippen LogP) is 3.00. The van der Waals surface area contributed by atoms with Crippen molar-refractivity contribution in [1.29, 1.82) is 0 Å². The van der Waals surface area contributed by atoms with Crippen molar-refractivity contribution in [2.75, 3.05) is 11.9 Å². The molecule has 4 nitrogen and oxygen atoms in total. The van der Waals surface area contributed by atoms with Crippen LogP contribution in [-0.2, 0) is 0 Å². The van der Waals surface area contributed by atoms with Crippen LogP contribution in [0.2, 0.25) is 0 Å². The molecule has 0 atom stereocenters. The van der Waals surface area contributed by atoms with Gasteiger partial charge in [0.2, 0.25) is 0 Å². The van der Waals surface area contributed by atoms with Gasteiger partial charge in [0.1, 0.15) is 5.82 Å². The lowest BCUT2D eigenvalue weighted by Crippen LogP contribution is -2.10. The molecule has 1 heterocycles. The molecular weight excluding hydrogens is 228 g/mol. The summed E-state index contributed by atoms with van der Waals surface area (Å²) in [4.78, 5) is 15.5. The minimum atomic E-state index is -0.929. The molecule has 4 heteroatoms. The monoisotopic (exact) mass is 244 g/mol. The second-order valence-electron chi connectivity index (χ2n) is 4.64. The van der Waals surface area contributed by atoms with Crippen LogP contribution in [0.3, 0.4) is 0 Å². The van der Waals surface area contributed by atoms with E-state index >= 15 is 0 Å². The number of nitrogens with zero attached hydrogens (tertiary/aromatic N) is 1. The second kappa shape index (κ2) is 5.04. The summed E-state index contributed by atoms with van der Waals surface area (Å²) in [6.45, 7) is 4.95. The predicted molar refractivity (Wildman–Crippen MR) is 72.0 cm³/mol. The van der Waals surface area contributed by atoms with Crippen LogP contribution in [0.5, 0.6) is 0 Å². The Balaban J connectivity index is 2.55. The van der Waals surface area contributed by atoms with E-state index in [-0.39, 0.29) is 5.56 Å². The number of aromatic carboxylic acids is 1. The molecule has 2 rings (SSSR count). The largest absolute Gasteiger partial charge is 0.478 e. The second-order valence-corrected chi connectivity index (χ2v) is 4.64. The van der Waals surface area contributed by atoms with Crippen molar-refractivity contribution in [2.24, 2.45) is 5.92 Å². The van der Waals surface area contributed by atoms with E-state index in [1.807, 2.05) is 12.1 Å². The molecule has 0 bridgehead atoms. The number of fused-ring (bicyclic) bond motifs is 1. The van der Waals surface area contributed by atoms with E-state index in [1.165, 1.54) is 0 Å². The number of carboxylic acids is 1. The van der Waals surface area contributed by atoms with Crippen LogP contribution in [-0.4, -0.2) is 22.6 Å². The molecule has 0 radical (unpaired) electrons. The smallest absolute Gasteiger partial charge is 0.336 e. The number of carboxylic acid groups (broad SMARTS) is 1. The number of nitrogens with one attached hydrogen (secondary N) is 1. The molecular formula is C14H16N2O2.